The minimum atomic E-state index is -1.30. The number of cyclic esters (lactones) is 2. The number of ether oxygens (including phenoxy) is 1. The molecule has 1 N–H and O–H groups in total. The Morgan fingerprint density at radius 3 is 2.29 bits per heavy atom. The minimum Gasteiger partial charge on any atom is -0.478 e. The van der Waals surface area contributed by atoms with Crippen LogP contribution in [0.25, 0.3) is 10.8 Å². The Kier molecular flexibility index (Phi) is 2.49. The highest BCUT2D eigenvalue weighted by Crippen LogP contribution is 2.33. The van der Waals surface area contributed by atoms with Crippen LogP contribution < -0.4 is 0 Å². The summed E-state index contributed by atoms with van der Waals surface area (Å²) in [6, 6.07) is 4.36. The Morgan fingerprint density at radius 2 is 1.71 bits per heavy atom. The monoisotopic (exact) mass is 287 g/mol. The van der Waals surface area contributed by atoms with E-state index in [4.69, 9.17) is 5.11 Å². The molecule has 8 heteroatoms. The molecule has 0 bridgehead atoms. The van der Waals surface area contributed by atoms with Gasteiger partial charge in [-0.15, -0.1) is 0 Å². The van der Waals surface area contributed by atoms with E-state index in [0.717, 1.165) is 18.2 Å². The van der Waals surface area contributed by atoms with Crippen LogP contribution in [0.5, 0.6) is 0 Å². The summed E-state index contributed by atoms with van der Waals surface area (Å²) in [6.45, 7) is 0. The van der Waals surface area contributed by atoms with Crippen LogP contribution in [-0.2, 0) is 4.74 Å². The van der Waals surface area contributed by atoms with Gasteiger partial charge in [0.2, 0.25) is 0 Å². The minimum absolute atomic E-state index is 0.102. The summed E-state index contributed by atoms with van der Waals surface area (Å²) in [7, 11) is 0. The molecule has 2 aromatic rings. The van der Waals surface area contributed by atoms with Gasteiger partial charge in [-0.25, -0.2) is 14.4 Å². The molecule has 0 spiro atoms. The third-order valence-electron chi connectivity index (χ3n) is 3.12. The largest absolute Gasteiger partial charge is 0.478 e. The number of carbonyl (C=O) groups is 3. The third kappa shape index (κ3) is 1.81. The second kappa shape index (κ2) is 4.10. The van der Waals surface area contributed by atoms with E-state index >= 15 is 0 Å². The van der Waals surface area contributed by atoms with Gasteiger partial charge >= 0.3 is 17.9 Å². The first kappa shape index (κ1) is 12.7. The first-order chi connectivity index (χ1) is 9.88. The maximum absolute atomic E-state index is 11.7. The molecule has 1 aliphatic rings. The number of hydrogen-bond donors (Lipinski definition) is 1. The predicted octanol–water partition coefficient (Wildman–Crippen LogP) is 1.76. The molecule has 21 heavy (non-hydrogen) atoms. The van der Waals surface area contributed by atoms with E-state index in [1.165, 1.54) is 6.07 Å². The van der Waals surface area contributed by atoms with Gasteiger partial charge in [0.25, 0.3) is 5.69 Å². The zero-order valence-electron chi connectivity index (χ0n) is 10.2. The molecule has 0 saturated carbocycles. The summed E-state index contributed by atoms with van der Waals surface area (Å²) in [4.78, 5) is 44.6. The zero-order valence-corrected chi connectivity index (χ0v) is 10.2. The van der Waals surface area contributed by atoms with Gasteiger partial charge in [-0.3, -0.25) is 10.1 Å². The molecule has 0 amide bonds. The van der Waals surface area contributed by atoms with E-state index in [1.54, 1.807) is 0 Å². The van der Waals surface area contributed by atoms with Crippen LogP contribution in [0.3, 0.4) is 0 Å². The fraction of sp³-hybridized carbons (Fsp3) is 0. The number of nitrogens with zero attached hydrogens (tertiary/aromatic N) is 1. The second-order valence-electron chi connectivity index (χ2n) is 4.35. The molecule has 1 heterocycles. The standard InChI is InChI=1S/C13H5NO7/c15-11(16)6-1-5-2-7(14(19)20)4-9-10(5)8(3-6)12(17)21-13(9)18/h1-4H,(H,15,16). The van der Waals surface area contributed by atoms with Crippen LogP contribution in [-0.4, -0.2) is 27.9 Å². The molecule has 2 aromatic carbocycles. The second-order valence-corrected chi connectivity index (χ2v) is 4.35. The first-order valence-electron chi connectivity index (χ1n) is 5.64. The number of hydrogen-bond acceptors (Lipinski definition) is 6. The van der Waals surface area contributed by atoms with Crippen molar-refractivity contribution in [2.45, 2.75) is 0 Å². The van der Waals surface area contributed by atoms with E-state index in [9.17, 15) is 24.5 Å². The van der Waals surface area contributed by atoms with Gasteiger partial charge < -0.3 is 9.84 Å². The summed E-state index contributed by atoms with van der Waals surface area (Å²) >= 11 is 0. The predicted molar refractivity (Wildman–Crippen MR) is 67.3 cm³/mol. The number of benzene rings is 2. The van der Waals surface area contributed by atoms with Crippen molar-refractivity contribution < 1.29 is 29.2 Å². The van der Waals surface area contributed by atoms with Gasteiger partial charge in [-0.05, 0) is 17.5 Å². The van der Waals surface area contributed by atoms with E-state index in [0.29, 0.717) is 0 Å². The number of carbonyl (C=O) groups excluding carboxylic acids is 2. The smallest absolute Gasteiger partial charge is 0.346 e. The molecule has 8 nitrogen and oxygen atoms in total. The Balaban J connectivity index is 2.49. The molecule has 0 fully saturated rings. The van der Waals surface area contributed by atoms with E-state index in [2.05, 4.69) is 4.74 Å². The fourth-order valence-electron chi connectivity index (χ4n) is 2.25. The van der Waals surface area contributed by atoms with Crippen LogP contribution in [0.4, 0.5) is 5.69 Å². The van der Waals surface area contributed by atoms with Crippen LogP contribution in [0.15, 0.2) is 24.3 Å². The van der Waals surface area contributed by atoms with Crippen molar-refractivity contribution in [1.29, 1.82) is 0 Å². The molecule has 104 valence electrons. The normalized spacial score (nSPS) is 13.1. The van der Waals surface area contributed by atoms with Gasteiger partial charge in [0.05, 0.1) is 21.6 Å². The number of carboxylic acid groups (broad SMARTS) is 1. The highest BCUT2D eigenvalue weighted by atomic mass is 16.6. The van der Waals surface area contributed by atoms with E-state index in [1.807, 2.05) is 0 Å². The number of nitro groups is 1. The van der Waals surface area contributed by atoms with Crippen LogP contribution in [0.2, 0.25) is 0 Å². The zero-order chi connectivity index (χ0) is 15.3. The quantitative estimate of drug-likeness (QED) is 0.386. The lowest BCUT2D eigenvalue weighted by molar-refractivity contribution is -0.384. The van der Waals surface area contributed by atoms with Gasteiger partial charge in [0, 0.05) is 17.5 Å². The summed E-state index contributed by atoms with van der Waals surface area (Å²) in [5.74, 6) is -3.27. The molecular formula is C13H5NO7. The SMILES string of the molecule is O=C(O)c1cc2c3c(cc([N+](=O)[O-])cc3c1)C(=O)OC2=O. The Morgan fingerprint density at radius 1 is 1.10 bits per heavy atom. The lowest BCUT2D eigenvalue weighted by Gasteiger charge is -2.15. The van der Waals surface area contributed by atoms with Crippen molar-refractivity contribution in [2.75, 3.05) is 0 Å². The van der Waals surface area contributed by atoms with Gasteiger partial charge in [-0.2, -0.15) is 0 Å². The molecule has 0 radical (unpaired) electrons. The summed E-state index contributed by atoms with van der Waals surface area (Å²) in [5, 5.41) is 20.2. The highest BCUT2D eigenvalue weighted by Gasteiger charge is 2.30. The summed E-state index contributed by atoms with van der Waals surface area (Å²) in [6.07, 6.45) is 0. The first-order valence-corrected chi connectivity index (χ1v) is 5.64. The molecule has 3 rings (SSSR count). The summed E-state index contributed by atoms with van der Waals surface area (Å²) < 4.78 is 4.48. The third-order valence-corrected chi connectivity index (χ3v) is 3.12. The fourth-order valence-corrected chi connectivity index (χ4v) is 2.25. The Labute approximate surface area is 115 Å². The number of esters is 2. The number of rotatable bonds is 2. The molecule has 0 unspecified atom stereocenters. The lowest BCUT2D eigenvalue weighted by atomic mass is 9.94. The maximum Gasteiger partial charge on any atom is 0.346 e. The van der Waals surface area contributed by atoms with Crippen molar-refractivity contribution in [3.63, 3.8) is 0 Å². The Hall–Kier alpha value is -3.29. The van der Waals surface area contributed by atoms with Gasteiger partial charge in [-0.1, -0.05) is 0 Å². The highest BCUT2D eigenvalue weighted by molar-refractivity contribution is 6.22. The van der Waals surface area contributed by atoms with E-state index < -0.39 is 28.5 Å². The lowest BCUT2D eigenvalue weighted by Crippen LogP contribution is -2.20. The van der Waals surface area contributed by atoms with Crippen LogP contribution >= 0.6 is 0 Å². The number of carboxylic acids is 1. The Bertz CT molecular complexity index is 802. The molecule has 1 aliphatic heterocycles. The molecule has 0 aromatic heterocycles. The molecular weight excluding hydrogens is 282 g/mol. The topological polar surface area (TPSA) is 124 Å². The van der Waals surface area contributed by atoms with Crippen LogP contribution in [0.1, 0.15) is 31.1 Å². The van der Waals surface area contributed by atoms with Crippen molar-refractivity contribution >= 4 is 34.4 Å². The van der Waals surface area contributed by atoms with Crippen molar-refractivity contribution in [3.8, 4) is 0 Å². The number of nitro benzene ring substituents is 1. The van der Waals surface area contributed by atoms with Crippen molar-refractivity contribution in [3.05, 3.63) is 51.1 Å². The number of non-ortho nitro benzene ring substituents is 1. The molecule has 0 saturated heterocycles. The number of aromatic carboxylic acids is 1. The van der Waals surface area contributed by atoms with E-state index in [-0.39, 0.29) is 27.5 Å². The maximum atomic E-state index is 11.7. The van der Waals surface area contributed by atoms with Gasteiger partial charge in [0.15, 0.2) is 0 Å². The average Bonchev–Trinajstić information content (AvgIpc) is 2.43. The van der Waals surface area contributed by atoms with Crippen molar-refractivity contribution in [1.82, 2.24) is 0 Å². The van der Waals surface area contributed by atoms with Crippen LogP contribution in [0, 0.1) is 10.1 Å². The molecule has 0 aliphatic carbocycles. The average molecular weight is 287 g/mol. The molecule has 0 atom stereocenters. The summed E-state index contributed by atoms with van der Waals surface area (Å²) in [5.41, 5.74) is -0.854. The van der Waals surface area contributed by atoms with Gasteiger partial charge in [0.1, 0.15) is 0 Å². The van der Waals surface area contributed by atoms with Crippen molar-refractivity contribution in [2.24, 2.45) is 0 Å².